The Morgan fingerprint density at radius 3 is 2.38 bits per heavy atom. The maximum absolute atomic E-state index is 12.1. The van der Waals surface area contributed by atoms with Gasteiger partial charge in [0.2, 0.25) is 5.91 Å². The van der Waals surface area contributed by atoms with Gasteiger partial charge in [0.15, 0.2) is 0 Å². The number of benzene rings is 1. The normalized spacial score (nSPS) is 12.8. The lowest BCUT2D eigenvalue weighted by molar-refractivity contribution is -0.123. The van der Waals surface area contributed by atoms with E-state index in [1.165, 1.54) is 12.4 Å². The number of hydrogen-bond donors (Lipinski definition) is 2. The molecule has 110 valence electrons. The highest BCUT2D eigenvalue weighted by molar-refractivity contribution is 5.95. The van der Waals surface area contributed by atoms with Crippen molar-refractivity contribution < 1.29 is 9.90 Å². The first-order chi connectivity index (χ1) is 9.89. The van der Waals surface area contributed by atoms with Gasteiger partial charge in [0.05, 0.1) is 18.1 Å². The Morgan fingerprint density at radius 1 is 1.14 bits per heavy atom. The minimum atomic E-state index is -0.864. The largest absolute Gasteiger partial charge is 0.384 e. The van der Waals surface area contributed by atoms with E-state index >= 15 is 0 Å². The van der Waals surface area contributed by atoms with Crippen LogP contribution in [0.25, 0.3) is 0 Å². The number of aromatic nitrogens is 2. The van der Waals surface area contributed by atoms with Gasteiger partial charge in [-0.15, -0.1) is 0 Å². The van der Waals surface area contributed by atoms with Crippen molar-refractivity contribution in [3.8, 4) is 0 Å². The SMILES string of the molecule is CC(C)(C)C(=O)Nc1cnncc1C(O)c1ccccc1. The summed E-state index contributed by atoms with van der Waals surface area (Å²) in [6.45, 7) is 5.47. The van der Waals surface area contributed by atoms with E-state index in [-0.39, 0.29) is 5.91 Å². The standard InChI is InChI=1S/C16H19N3O2/c1-16(2,3)15(21)19-13-10-18-17-9-12(13)14(20)11-7-5-4-6-8-11/h4-10,14,20H,1-3H3,(H,17,19,21). The van der Waals surface area contributed by atoms with Gasteiger partial charge in [0, 0.05) is 11.0 Å². The van der Waals surface area contributed by atoms with Crippen LogP contribution in [0, 0.1) is 5.41 Å². The fraction of sp³-hybridized carbons (Fsp3) is 0.312. The van der Waals surface area contributed by atoms with Crippen LogP contribution in [0.3, 0.4) is 0 Å². The predicted molar refractivity (Wildman–Crippen MR) is 80.6 cm³/mol. The van der Waals surface area contributed by atoms with E-state index in [1.807, 2.05) is 51.1 Å². The van der Waals surface area contributed by atoms with Crippen LogP contribution in [0.5, 0.6) is 0 Å². The molecule has 1 aromatic carbocycles. The van der Waals surface area contributed by atoms with Gasteiger partial charge in [-0.25, -0.2) is 0 Å². The van der Waals surface area contributed by atoms with E-state index in [4.69, 9.17) is 0 Å². The van der Waals surface area contributed by atoms with E-state index in [1.54, 1.807) is 0 Å². The van der Waals surface area contributed by atoms with Crippen LogP contribution in [0.15, 0.2) is 42.7 Å². The van der Waals surface area contributed by atoms with Crippen molar-refractivity contribution >= 4 is 11.6 Å². The number of nitrogens with one attached hydrogen (secondary N) is 1. The molecule has 5 heteroatoms. The maximum Gasteiger partial charge on any atom is 0.229 e. The quantitative estimate of drug-likeness (QED) is 0.908. The summed E-state index contributed by atoms with van der Waals surface area (Å²) in [6, 6.07) is 9.21. The number of amides is 1. The molecule has 1 unspecified atom stereocenters. The van der Waals surface area contributed by atoms with Crippen LogP contribution in [-0.4, -0.2) is 21.2 Å². The van der Waals surface area contributed by atoms with E-state index in [0.29, 0.717) is 11.3 Å². The minimum Gasteiger partial charge on any atom is -0.384 e. The van der Waals surface area contributed by atoms with Gasteiger partial charge in [0.1, 0.15) is 6.10 Å². The van der Waals surface area contributed by atoms with Crippen LogP contribution in [-0.2, 0) is 4.79 Å². The second-order valence-corrected chi connectivity index (χ2v) is 5.88. The summed E-state index contributed by atoms with van der Waals surface area (Å²) in [6.07, 6.45) is 2.05. The van der Waals surface area contributed by atoms with Gasteiger partial charge in [-0.3, -0.25) is 4.79 Å². The summed E-state index contributed by atoms with van der Waals surface area (Å²) in [7, 11) is 0. The fourth-order valence-corrected chi connectivity index (χ4v) is 1.78. The third-order valence-corrected chi connectivity index (χ3v) is 3.10. The monoisotopic (exact) mass is 285 g/mol. The van der Waals surface area contributed by atoms with Gasteiger partial charge in [-0.1, -0.05) is 51.1 Å². The molecule has 2 aromatic rings. The first-order valence-corrected chi connectivity index (χ1v) is 6.74. The number of nitrogens with zero attached hydrogens (tertiary/aromatic N) is 2. The Balaban J connectivity index is 2.31. The molecule has 21 heavy (non-hydrogen) atoms. The zero-order chi connectivity index (χ0) is 15.5. The average Bonchev–Trinajstić information content (AvgIpc) is 2.47. The zero-order valence-corrected chi connectivity index (χ0v) is 12.4. The number of carbonyl (C=O) groups is 1. The summed E-state index contributed by atoms with van der Waals surface area (Å²) in [4.78, 5) is 12.1. The van der Waals surface area contributed by atoms with Gasteiger partial charge in [0.25, 0.3) is 0 Å². The number of aliphatic hydroxyl groups is 1. The molecule has 1 atom stereocenters. The number of anilines is 1. The van der Waals surface area contributed by atoms with Crippen LogP contribution >= 0.6 is 0 Å². The molecule has 0 radical (unpaired) electrons. The number of carbonyl (C=O) groups excluding carboxylic acids is 1. The van der Waals surface area contributed by atoms with E-state index in [2.05, 4.69) is 15.5 Å². The van der Waals surface area contributed by atoms with Crippen molar-refractivity contribution in [2.45, 2.75) is 26.9 Å². The van der Waals surface area contributed by atoms with Gasteiger partial charge in [-0.05, 0) is 5.56 Å². The second kappa shape index (κ2) is 6.01. The maximum atomic E-state index is 12.1. The van der Waals surface area contributed by atoms with Crippen molar-refractivity contribution in [3.63, 3.8) is 0 Å². The summed E-state index contributed by atoms with van der Waals surface area (Å²) < 4.78 is 0. The third-order valence-electron chi connectivity index (χ3n) is 3.10. The Morgan fingerprint density at radius 2 is 1.76 bits per heavy atom. The molecule has 0 bridgehead atoms. The van der Waals surface area contributed by atoms with E-state index < -0.39 is 11.5 Å². The Bertz CT molecular complexity index is 621. The summed E-state index contributed by atoms with van der Waals surface area (Å²) >= 11 is 0. The molecule has 5 nitrogen and oxygen atoms in total. The first kappa shape index (κ1) is 15.1. The molecule has 0 aliphatic heterocycles. The Kier molecular flexibility index (Phi) is 4.33. The predicted octanol–water partition coefficient (Wildman–Crippen LogP) is 2.54. The fourth-order valence-electron chi connectivity index (χ4n) is 1.78. The number of rotatable bonds is 3. The molecule has 1 amide bonds. The van der Waals surface area contributed by atoms with Crippen molar-refractivity contribution in [1.82, 2.24) is 10.2 Å². The zero-order valence-electron chi connectivity index (χ0n) is 12.4. The van der Waals surface area contributed by atoms with Gasteiger partial charge >= 0.3 is 0 Å². The molecule has 0 fully saturated rings. The molecule has 0 saturated carbocycles. The smallest absolute Gasteiger partial charge is 0.229 e. The van der Waals surface area contributed by atoms with E-state index in [9.17, 15) is 9.90 Å². The van der Waals surface area contributed by atoms with Crippen LogP contribution in [0.4, 0.5) is 5.69 Å². The summed E-state index contributed by atoms with van der Waals surface area (Å²) in [5, 5.41) is 20.8. The molecule has 2 rings (SSSR count). The second-order valence-electron chi connectivity index (χ2n) is 5.88. The van der Waals surface area contributed by atoms with Gasteiger partial charge in [-0.2, -0.15) is 10.2 Å². The number of aliphatic hydroxyl groups excluding tert-OH is 1. The van der Waals surface area contributed by atoms with Crippen molar-refractivity contribution in [3.05, 3.63) is 53.9 Å². The first-order valence-electron chi connectivity index (χ1n) is 6.74. The number of hydrogen-bond acceptors (Lipinski definition) is 4. The molecule has 1 aromatic heterocycles. The average molecular weight is 285 g/mol. The third kappa shape index (κ3) is 3.64. The lowest BCUT2D eigenvalue weighted by atomic mass is 9.95. The highest BCUT2D eigenvalue weighted by Crippen LogP contribution is 2.28. The van der Waals surface area contributed by atoms with Crippen molar-refractivity contribution in [1.29, 1.82) is 0 Å². The highest BCUT2D eigenvalue weighted by Gasteiger charge is 2.23. The lowest BCUT2D eigenvalue weighted by Crippen LogP contribution is -2.28. The molecule has 0 aliphatic rings. The van der Waals surface area contributed by atoms with E-state index in [0.717, 1.165) is 5.56 Å². The van der Waals surface area contributed by atoms with Gasteiger partial charge < -0.3 is 10.4 Å². The molecular weight excluding hydrogens is 266 g/mol. The highest BCUT2D eigenvalue weighted by atomic mass is 16.3. The molecule has 0 spiro atoms. The topological polar surface area (TPSA) is 75.1 Å². The Hall–Kier alpha value is -2.27. The minimum absolute atomic E-state index is 0.142. The summed E-state index contributed by atoms with van der Waals surface area (Å²) in [5.41, 5.74) is 1.20. The molecule has 1 heterocycles. The van der Waals surface area contributed by atoms with Crippen molar-refractivity contribution in [2.24, 2.45) is 5.41 Å². The molecule has 0 aliphatic carbocycles. The lowest BCUT2D eigenvalue weighted by Gasteiger charge is -2.20. The molecular formula is C16H19N3O2. The van der Waals surface area contributed by atoms with Crippen LogP contribution < -0.4 is 5.32 Å². The van der Waals surface area contributed by atoms with Crippen molar-refractivity contribution in [2.75, 3.05) is 5.32 Å². The van der Waals surface area contributed by atoms with Crippen LogP contribution in [0.2, 0.25) is 0 Å². The molecule has 0 saturated heterocycles. The molecule has 2 N–H and O–H groups in total. The summed E-state index contributed by atoms with van der Waals surface area (Å²) in [5.74, 6) is -0.142. The van der Waals surface area contributed by atoms with Crippen LogP contribution in [0.1, 0.15) is 38.0 Å². The Labute approximate surface area is 124 Å².